The third kappa shape index (κ3) is 5.07. The molecule has 0 spiro atoms. The van der Waals surface area contributed by atoms with Gasteiger partial charge in [0.1, 0.15) is 5.75 Å². The normalized spacial score (nSPS) is 11.8. The van der Waals surface area contributed by atoms with Crippen LogP contribution in [0.4, 0.5) is 0 Å². The molecule has 0 bridgehead atoms. The Morgan fingerprint density at radius 3 is 2.54 bits per heavy atom. The van der Waals surface area contributed by atoms with E-state index in [9.17, 15) is 9.59 Å². The third-order valence-electron chi connectivity index (χ3n) is 4.05. The van der Waals surface area contributed by atoms with Crippen molar-refractivity contribution in [3.63, 3.8) is 0 Å². The summed E-state index contributed by atoms with van der Waals surface area (Å²) in [6.45, 7) is 3.47. The van der Waals surface area contributed by atoms with Gasteiger partial charge in [0.25, 0.3) is 5.91 Å². The molecule has 0 aromatic heterocycles. The minimum atomic E-state index is -0.632. The second kappa shape index (κ2) is 8.84. The van der Waals surface area contributed by atoms with Gasteiger partial charge in [0.2, 0.25) is 6.79 Å². The second-order valence-corrected chi connectivity index (χ2v) is 6.72. The lowest BCUT2D eigenvalue weighted by atomic mass is 10.1. The van der Waals surface area contributed by atoms with E-state index >= 15 is 0 Å². The Bertz CT molecular complexity index is 875. The fraction of sp³-hybridized carbons (Fsp3) is 0.300. The summed E-state index contributed by atoms with van der Waals surface area (Å²) in [5.41, 5.74) is 2.49. The van der Waals surface area contributed by atoms with E-state index in [4.69, 9.17) is 30.5 Å². The number of amides is 1. The molecule has 0 aliphatic carbocycles. The van der Waals surface area contributed by atoms with Gasteiger partial charge in [0.05, 0.1) is 0 Å². The first-order valence-electron chi connectivity index (χ1n) is 8.63. The first-order valence-corrected chi connectivity index (χ1v) is 9.00. The number of carbonyl (C=O) groups excluding carboxylic acids is 2. The molecule has 8 heteroatoms. The summed E-state index contributed by atoms with van der Waals surface area (Å²) >= 11 is 5.97. The van der Waals surface area contributed by atoms with Crippen LogP contribution in [0.15, 0.2) is 30.3 Å². The zero-order valence-electron chi connectivity index (χ0n) is 15.5. The standard InChI is InChI=1S/C20H20ClNO6/c1-12-5-15(21)6-13(2)20(12)26-10-19(24)25-9-18(23)22-8-14-3-4-16-17(7-14)28-11-27-16/h3-7H,8-11H2,1-2H3,(H,22,23). The molecule has 1 aliphatic rings. The van der Waals surface area contributed by atoms with Crippen molar-refractivity contribution in [2.75, 3.05) is 20.0 Å². The second-order valence-electron chi connectivity index (χ2n) is 6.28. The topological polar surface area (TPSA) is 83.1 Å². The molecule has 2 aromatic carbocycles. The van der Waals surface area contributed by atoms with E-state index in [0.717, 1.165) is 16.7 Å². The molecule has 1 aliphatic heterocycles. The van der Waals surface area contributed by atoms with Gasteiger partial charge < -0.3 is 24.3 Å². The van der Waals surface area contributed by atoms with Crippen molar-refractivity contribution in [3.05, 3.63) is 52.0 Å². The van der Waals surface area contributed by atoms with Crippen molar-refractivity contribution in [3.8, 4) is 17.2 Å². The number of hydrogen-bond donors (Lipinski definition) is 1. The minimum Gasteiger partial charge on any atom is -0.481 e. The number of aryl methyl sites for hydroxylation is 2. The van der Waals surface area contributed by atoms with E-state index in [1.165, 1.54) is 0 Å². The Balaban J connectivity index is 1.40. The molecule has 0 atom stereocenters. The van der Waals surface area contributed by atoms with Crippen LogP contribution in [0.5, 0.6) is 17.2 Å². The molecule has 148 valence electrons. The summed E-state index contributed by atoms with van der Waals surface area (Å²) in [5, 5.41) is 3.28. The van der Waals surface area contributed by atoms with Crippen LogP contribution >= 0.6 is 11.6 Å². The maximum atomic E-state index is 11.9. The van der Waals surface area contributed by atoms with Crippen LogP contribution < -0.4 is 19.5 Å². The van der Waals surface area contributed by atoms with Crippen LogP contribution in [0.2, 0.25) is 5.02 Å². The zero-order chi connectivity index (χ0) is 20.1. The van der Waals surface area contributed by atoms with Gasteiger partial charge in [-0.3, -0.25) is 4.79 Å². The number of rotatable bonds is 7. The predicted octanol–water partition coefficient (Wildman–Crippen LogP) is 2.92. The molecule has 0 saturated heterocycles. The number of benzene rings is 2. The largest absolute Gasteiger partial charge is 0.481 e. The van der Waals surface area contributed by atoms with Crippen LogP contribution in [-0.4, -0.2) is 31.9 Å². The van der Waals surface area contributed by atoms with Crippen LogP contribution in [0.1, 0.15) is 16.7 Å². The predicted molar refractivity (Wildman–Crippen MR) is 102 cm³/mol. The van der Waals surface area contributed by atoms with E-state index in [2.05, 4.69) is 5.32 Å². The summed E-state index contributed by atoms with van der Waals surface area (Å²) in [7, 11) is 0. The number of ether oxygens (including phenoxy) is 4. The highest BCUT2D eigenvalue weighted by Gasteiger charge is 2.14. The molecule has 7 nitrogen and oxygen atoms in total. The smallest absolute Gasteiger partial charge is 0.344 e. The highest BCUT2D eigenvalue weighted by Crippen LogP contribution is 2.32. The summed E-state index contributed by atoms with van der Waals surface area (Å²) < 4.78 is 21.0. The maximum absolute atomic E-state index is 11.9. The Morgan fingerprint density at radius 1 is 1.07 bits per heavy atom. The maximum Gasteiger partial charge on any atom is 0.344 e. The van der Waals surface area contributed by atoms with E-state index in [1.54, 1.807) is 24.3 Å². The summed E-state index contributed by atoms with van der Waals surface area (Å²) in [4.78, 5) is 23.7. The highest BCUT2D eigenvalue weighted by molar-refractivity contribution is 6.30. The molecule has 0 saturated carbocycles. The molecule has 3 rings (SSSR count). The van der Waals surface area contributed by atoms with Crippen LogP contribution in [0.25, 0.3) is 0 Å². The Kier molecular flexibility index (Phi) is 6.26. The lowest BCUT2D eigenvalue weighted by Gasteiger charge is -2.12. The Labute approximate surface area is 167 Å². The van der Waals surface area contributed by atoms with Crippen molar-refractivity contribution in [1.29, 1.82) is 0 Å². The van der Waals surface area contributed by atoms with Gasteiger partial charge in [0, 0.05) is 11.6 Å². The highest BCUT2D eigenvalue weighted by atomic mass is 35.5. The quantitative estimate of drug-likeness (QED) is 0.713. The van der Waals surface area contributed by atoms with Crippen LogP contribution in [-0.2, 0) is 20.9 Å². The lowest BCUT2D eigenvalue weighted by molar-refractivity contribution is -0.150. The molecule has 1 N–H and O–H groups in total. The van der Waals surface area contributed by atoms with Gasteiger partial charge in [-0.1, -0.05) is 17.7 Å². The number of fused-ring (bicyclic) bond motifs is 1. The number of hydrogen-bond acceptors (Lipinski definition) is 6. The van der Waals surface area contributed by atoms with Gasteiger partial charge in [-0.25, -0.2) is 4.79 Å². The van der Waals surface area contributed by atoms with E-state index < -0.39 is 11.9 Å². The Hall–Kier alpha value is -2.93. The molecule has 2 aromatic rings. The van der Waals surface area contributed by atoms with Crippen molar-refractivity contribution in [2.24, 2.45) is 0 Å². The summed E-state index contributed by atoms with van der Waals surface area (Å²) in [5.74, 6) is 0.851. The van der Waals surface area contributed by atoms with Gasteiger partial charge >= 0.3 is 5.97 Å². The van der Waals surface area contributed by atoms with Gasteiger partial charge in [-0.2, -0.15) is 0 Å². The van der Waals surface area contributed by atoms with Gasteiger partial charge in [-0.05, 0) is 54.8 Å². The summed E-state index contributed by atoms with van der Waals surface area (Å²) in [6, 6.07) is 8.89. The van der Waals surface area contributed by atoms with Crippen molar-refractivity contribution >= 4 is 23.5 Å². The average Bonchev–Trinajstić information content (AvgIpc) is 3.11. The molecule has 0 radical (unpaired) electrons. The van der Waals surface area contributed by atoms with Crippen molar-refractivity contribution in [2.45, 2.75) is 20.4 Å². The third-order valence-corrected chi connectivity index (χ3v) is 4.27. The monoisotopic (exact) mass is 405 g/mol. The SMILES string of the molecule is Cc1cc(Cl)cc(C)c1OCC(=O)OCC(=O)NCc1ccc2c(c1)OCO2. The fourth-order valence-corrected chi connectivity index (χ4v) is 3.07. The molecule has 0 unspecified atom stereocenters. The minimum absolute atomic E-state index is 0.193. The van der Waals surface area contributed by atoms with E-state index in [-0.39, 0.29) is 26.6 Å². The number of nitrogens with one attached hydrogen (secondary N) is 1. The molecule has 1 amide bonds. The van der Waals surface area contributed by atoms with E-state index in [0.29, 0.717) is 22.3 Å². The summed E-state index contributed by atoms with van der Waals surface area (Å²) in [6.07, 6.45) is 0. The zero-order valence-corrected chi connectivity index (χ0v) is 16.3. The van der Waals surface area contributed by atoms with Crippen molar-refractivity contribution < 1.29 is 28.5 Å². The fourth-order valence-electron chi connectivity index (χ4n) is 2.75. The number of esters is 1. The lowest BCUT2D eigenvalue weighted by Crippen LogP contribution is -2.29. The van der Waals surface area contributed by atoms with Crippen LogP contribution in [0.3, 0.4) is 0 Å². The van der Waals surface area contributed by atoms with Gasteiger partial charge in [-0.15, -0.1) is 0 Å². The first kappa shape index (κ1) is 19.8. The molecule has 28 heavy (non-hydrogen) atoms. The average molecular weight is 406 g/mol. The van der Waals surface area contributed by atoms with Gasteiger partial charge in [0.15, 0.2) is 24.7 Å². The number of carbonyl (C=O) groups is 2. The van der Waals surface area contributed by atoms with E-state index in [1.807, 2.05) is 19.9 Å². The Morgan fingerprint density at radius 2 is 1.79 bits per heavy atom. The molecular weight excluding hydrogens is 386 g/mol. The first-order chi connectivity index (χ1) is 13.4. The van der Waals surface area contributed by atoms with Crippen molar-refractivity contribution in [1.82, 2.24) is 5.32 Å². The molecular formula is C20H20ClNO6. The molecule has 1 heterocycles. The van der Waals surface area contributed by atoms with Crippen LogP contribution in [0, 0.1) is 13.8 Å². The number of halogens is 1. The molecule has 0 fully saturated rings.